The number of amides is 1. The molecule has 4 nitrogen and oxygen atoms in total. The van der Waals surface area contributed by atoms with E-state index in [1.54, 1.807) is 12.1 Å². The van der Waals surface area contributed by atoms with E-state index in [4.69, 9.17) is 11.6 Å². The number of aliphatic hydroxyl groups excluding tert-OH is 1. The van der Waals surface area contributed by atoms with E-state index >= 15 is 0 Å². The number of nitrogens with one attached hydrogen (secondary N) is 1. The lowest BCUT2D eigenvalue weighted by molar-refractivity contribution is 0.0908. The van der Waals surface area contributed by atoms with Crippen LogP contribution in [0.2, 0.25) is 5.15 Å². The fourth-order valence-electron chi connectivity index (χ4n) is 1.88. The molecule has 1 aromatic rings. The summed E-state index contributed by atoms with van der Waals surface area (Å²) >= 11 is 5.89. The van der Waals surface area contributed by atoms with Crippen LogP contribution < -0.4 is 5.32 Å². The number of aromatic nitrogens is 1. The van der Waals surface area contributed by atoms with Crippen molar-refractivity contribution in [2.45, 2.75) is 39.7 Å². The molecule has 1 atom stereocenters. The number of aliphatic hydroxyl groups is 1. The molecular formula is C14H21ClN2O2. The molecule has 19 heavy (non-hydrogen) atoms. The number of carbonyl (C=O) groups is 1. The van der Waals surface area contributed by atoms with Crippen molar-refractivity contribution in [3.8, 4) is 0 Å². The average Bonchev–Trinajstić information content (AvgIpc) is 2.36. The third kappa shape index (κ3) is 5.17. The zero-order valence-corrected chi connectivity index (χ0v) is 12.4. The van der Waals surface area contributed by atoms with Gasteiger partial charge in [0, 0.05) is 11.3 Å². The van der Waals surface area contributed by atoms with Crippen molar-refractivity contribution in [1.82, 2.24) is 10.3 Å². The summed E-state index contributed by atoms with van der Waals surface area (Å²) in [4.78, 5) is 16.2. The second-order valence-corrected chi connectivity index (χ2v) is 5.39. The molecule has 0 saturated heterocycles. The summed E-state index contributed by atoms with van der Waals surface area (Å²) in [5, 5.41) is 12.4. The van der Waals surface area contributed by atoms with Crippen molar-refractivity contribution in [3.63, 3.8) is 0 Å². The molecule has 2 N–H and O–H groups in total. The number of carbonyl (C=O) groups excluding carboxylic acids is 1. The van der Waals surface area contributed by atoms with Gasteiger partial charge in [-0.15, -0.1) is 0 Å². The molecule has 1 amide bonds. The molecule has 0 aliphatic carbocycles. The van der Waals surface area contributed by atoms with E-state index in [0.717, 1.165) is 18.5 Å². The van der Waals surface area contributed by atoms with Crippen LogP contribution in [0, 0.1) is 5.92 Å². The first-order valence-corrected chi connectivity index (χ1v) is 6.92. The van der Waals surface area contributed by atoms with Crippen molar-refractivity contribution in [1.29, 1.82) is 0 Å². The van der Waals surface area contributed by atoms with E-state index in [0.29, 0.717) is 16.6 Å². The smallest absolute Gasteiger partial charge is 0.251 e. The summed E-state index contributed by atoms with van der Waals surface area (Å²) in [5.74, 6) is 0.184. The topological polar surface area (TPSA) is 62.2 Å². The molecular weight excluding hydrogens is 264 g/mol. The Labute approximate surface area is 119 Å². The largest absolute Gasteiger partial charge is 0.394 e. The van der Waals surface area contributed by atoms with E-state index in [9.17, 15) is 9.90 Å². The molecule has 0 fully saturated rings. The Morgan fingerprint density at radius 3 is 2.68 bits per heavy atom. The summed E-state index contributed by atoms with van der Waals surface area (Å²) in [6.45, 7) is 5.99. The third-order valence-corrected chi connectivity index (χ3v) is 2.98. The van der Waals surface area contributed by atoms with Gasteiger partial charge < -0.3 is 10.4 Å². The minimum atomic E-state index is -0.232. The van der Waals surface area contributed by atoms with Crippen molar-refractivity contribution in [2.24, 2.45) is 5.92 Å². The molecule has 1 aromatic heterocycles. The number of nitrogens with zero attached hydrogens (tertiary/aromatic N) is 1. The predicted molar refractivity (Wildman–Crippen MR) is 76.4 cm³/mol. The highest BCUT2D eigenvalue weighted by Crippen LogP contribution is 2.12. The van der Waals surface area contributed by atoms with Crippen LogP contribution in [0.5, 0.6) is 0 Å². The maximum Gasteiger partial charge on any atom is 0.251 e. The van der Waals surface area contributed by atoms with Crippen LogP contribution in [0.1, 0.15) is 43.2 Å². The van der Waals surface area contributed by atoms with Gasteiger partial charge in [-0.2, -0.15) is 0 Å². The van der Waals surface area contributed by atoms with Gasteiger partial charge in [0.25, 0.3) is 5.91 Å². The van der Waals surface area contributed by atoms with E-state index < -0.39 is 0 Å². The van der Waals surface area contributed by atoms with Crippen molar-refractivity contribution < 1.29 is 9.90 Å². The van der Waals surface area contributed by atoms with Gasteiger partial charge >= 0.3 is 0 Å². The molecule has 0 aliphatic heterocycles. The van der Waals surface area contributed by atoms with Crippen LogP contribution in [0.15, 0.2) is 12.1 Å². The fraction of sp³-hybridized carbons (Fsp3) is 0.571. The zero-order valence-electron chi connectivity index (χ0n) is 11.6. The number of hydrogen-bond donors (Lipinski definition) is 2. The lowest BCUT2D eigenvalue weighted by atomic mass is 10.0. The Balaban J connectivity index is 2.79. The average molecular weight is 285 g/mol. The molecule has 5 heteroatoms. The fourth-order valence-corrected chi connectivity index (χ4v) is 2.11. The molecule has 106 valence electrons. The maximum absolute atomic E-state index is 12.1. The summed E-state index contributed by atoms with van der Waals surface area (Å²) in [6, 6.07) is 3.04. The lowest BCUT2D eigenvalue weighted by Gasteiger charge is -2.18. The number of aryl methyl sites for hydroxylation is 1. The van der Waals surface area contributed by atoms with Gasteiger partial charge in [-0.1, -0.05) is 32.4 Å². The Kier molecular flexibility index (Phi) is 6.25. The first kappa shape index (κ1) is 15.9. The van der Waals surface area contributed by atoms with Crippen LogP contribution in [-0.2, 0) is 6.42 Å². The summed E-state index contributed by atoms with van der Waals surface area (Å²) in [6.07, 6.45) is 1.46. The molecule has 0 aromatic carbocycles. The standard InChI is InChI=1S/C14H21ClN2O2/c1-4-11-6-10(7-13(15)16-11)14(19)17-12(8-18)5-9(2)3/h6-7,9,12,18H,4-5,8H2,1-3H3,(H,17,19). The first-order valence-electron chi connectivity index (χ1n) is 6.54. The molecule has 1 unspecified atom stereocenters. The number of pyridine rings is 1. The Bertz CT molecular complexity index is 435. The monoisotopic (exact) mass is 284 g/mol. The first-order chi connectivity index (χ1) is 8.96. The Morgan fingerprint density at radius 2 is 2.16 bits per heavy atom. The van der Waals surface area contributed by atoms with E-state index in [2.05, 4.69) is 10.3 Å². The predicted octanol–water partition coefficient (Wildman–Crippen LogP) is 2.43. The van der Waals surface area contributed by atoms with Gasteiger partial charge in [-0.25, -0.2) is 4.98 Å². The third-order valence-electron chi connectivity index (χ3n) is 2.78. The number of rotatable bonds is 6. The molecule has 0 radical (unpaired) electrons. The normalized spacial score (nSPS) is 12.5. The quantitative estimate of drug-likeness (QED) is 0.789. The van der Waals surface area contributed by atoms with Gasteiger partial charge in [-0.3, -0.25) is 4.79 Å². The Morgan fingerprint density at radius 1 is 1.47 bits per heavy atom. The zero-order chi connectivity index (χ0) is 14.4. The van der Waals surface area contributed by atoms with Crippen LogP contribution in [0.4, 0.5) is 0 Å². The van der Waals surface area contributed by atoms with Gasteiger partial charge in [0.15, 0.2) is 0 Å². The number of halogens is 1. The minimum absolute atomic E-state index is 0.0661. The molecule has 0 spiro atoms. The minimum Gasteiger partial charge on any atom is -0.394 e. The molecule has 0 bridgehead atoms. The van der Waals surface area contributed by atoms with E-state index in [-0.39, 0.29) is 18.6 Å². The molecule has 0 saturated carbocycles. The molecule has 1 rings (SSSR count). The summed E-state index contributed by atoms with van der Waals surface area (Å²) in [7, 11) is 0. The van der Waals surface area contributed by atoms with Crippen molar-refractivity contribution in [2.75, 3.05) is 6.61 Å². The molecule has 0 aliphatic rings. The van der Waals surface area contributed by atoms with Gasteiger partial charge in [0.05, 0.1) is 12.6 Å². The van der Waals surface area contributed by atoms with Gasteiger partial charge in [0.2, 0.25) is 0 Å². The second-order valence-electron chi connectivity index (χ2n) is 5.01. The summed E-state index contributed by atoms with van der Waals surface area (Å²) in [5.41, 5.74) is 1.26. The Hall–Kier alpha value is -1.13. The van der Waals surface area contributed by atoms with Crippen LogP contribution in [0.3, 0.4) is 0 Å². The highest BCUT2D eigenvalue weighted by molar-refractivity contribution is 6.29. The highest BCUT2D eigenvalue weighted by Gasteiger charge is 2.15. The highest BCUT2D eigenvalue weighted by atomic mass is 35.5. The van der Waals surface area contributed by atoms with Crippen LogP contribution in [-0.4, -0.2) is 28.6 Å². The molecule has 1 heterocycles. The van der Waals surface area contributed by atoms with Gasteiger partial charge in [0.1, 0.15) is 5.15 Å². The van der Waals surface area contributed by atoms with E-state index in [1.165, 1.54) is 0 Å². The maximum atomic E-state index is 12.1. The van der Waals surface area contributed by atoms with Crippen LogP contribution >= 0.6 is 11.6 Å². The van der Waals surface area contributed by atoms with E-state index in [1.807, 2.05) is 20.8 Å². The second kappa shape index (κ2) is 7.46. The van der Waals surface area contributed by atoms with Crippen molar-refractivity contribution in [3.05, 3.63) is 28.5 Å². The van der Waals surface area contributed by atoms with Gasteiger partial charge in [-0.05, 0) is 30.9 Å². The van der Waals surface area contributed by atoms with Crippen molar-refractivity contribution >= 4 is 17.5 Å². The SMILES string of the molecule is CCc1cc(C(=O)NC(CO)CC(C)C)cc(Cl)n1. The van der Waals surface area contributed by atoms with Crippen LogP contribution in [0.25, 0.3) is 0 Å². The number of hydrogen-bond acceptors (Lipinski definition) is 3. The lowest BCUT2D eigenvalue weighted by Crippen LogP contribution is -2.38. The summed E-state index contributed by atoms with van der Waals surface area (Å²) < 4.78 is 0.